The smallest absolute Gasteiger partial charge is 0.303 e. The van der Waals surface area contributed by atoms with Gasteiger partial charge in [-0.05, 0) is 24.4 Å². The van der Waals surface area contributed by atoms with Crippen molar-refractivity contribution in [3.8, 4) is 0 Å². The van der Waals surface area contributed by atoms with Gasteiger partial charge in [-0.15, -0.1) is 10.2 Å². The van der Waals surface area contributed by atoms with Gasteiger partial charge in [0.2, 0.25) is 45.4 Å². The third-order valence-electron chi connectivity index (χ3n) is 5.45. The lowest BCUT2D eigenvalue weighted by Gasteiger charge is -2.34. The molecule has 2 aromatic rings. The Morgan fingerprint density at radius 2 is 0.773 bits per heavy atom. The van der Waals surface area contributed by atoms with Gasteiger partial charge >= 0.3 is 23.9 Å². The minimum absolute atomic E-state index is 0.454. The van der Waals surface area contributed by atoms with Crippen molar-refractivity contribution in [1.82, 2.24) is 28.7 Å². The van der Waals surface area contributed by atoms with E-state index in [4.69, 9.17) is 43.4 Å². The standard InChI is InChI=1S/C24H28N6O12S2/c1-9(31)27-21(25-29(11(3)33)23(27)43)19(41-15(7)37)17(39-13(5)35)18(40-14(6)36)20(42-16(8)38)22-26-30(12(4)34)24(44)28(22)10(2)32/h17-20H,1-8H3/t17-,18+,19+,20-. The highest BCUT2D eigenvalue weighted by molar-refractivity contribution is 7.71. The quantitative estimate of drug-likeness (QED) is 0.212. The van der Waals surface area contributed by atoms with Gasteiger partial charge in [-0.2, -0.15) is 9.36 Å². The van der Waals surface area contributed by atoms with Crippen molar-refractivity contribution < 1.29 is 57.3 Å². The molecule has 0 fully saturated rings. The third kappa shape index (κ3) is 7.81. The molecule has 2 aromatic heterocycles. The molecule has 238 valence electrons. The zero-order valence-corrected chi connectivity index (χ0v) is 26.3. The number of esters is 4. The fraction of sp³-hybridized carbons (Fsp3) is 0.500. The number of rotatable bonds is 9. The minimum Gasteiger partial charge on any atom is -0.454 e. The van der Waals surface area contributed by atoms with Gasteiger partial charge in [-0.25, -0.2) is 9.13 Å². The lowest BCUT2D eigenvalue weighted by molar-refractivity contribution is -0.201. The lowest BCUT2D eigenvalue weighted by atomic mass is 10.00. The Labute approximate surface area is 258 Å². The van der Waals surface area contributed by atoms with Crippen molar-refractivity contribution in [3.05, 3.63) is 21.2 Å². The van der Waals surface area contributed by atoms with Crippen molar-refractivity contribution in [2.45, 2.75) is 79.8 Å². The zero-order valence-electron chi connectivity index (χ0n) is 24.7. The molecule has 20 heteroatoms. The van der Waals surface area contributed by atoms with Gasteiger partial charge in [-0.1, -0.05) is 0 Å². The van der Waals surface area contributed by atoms with E-state index in [0.29, 0.717) is 18.5 Å². The predicted octanol–water partition coefficient (Wildman–Crippen LogP) is 1.55. The summed E-state index contributed by atoms with van der Waals surface area (Å²) in [6.45, 7) is 7.95. The summed E-state index contributed by atoms with van der Waals surface area (Å²) in [5, 5.41) is 8.00. The van der Waals surface area contributed by atoms with Gasteiger partial charge in [0.15, 0.2) is 23.9 Å². The second-order valence-corrected chi connectivity index (χ2v) is 9.79. The second kappa shape index (κ2) is 14.2. The van der Waals surface area contributed by atoms with Gasteiger partial charge in [0.25, 0.3) is 0 Å². The number of carbonyl (C=O) groups excluding carboxylic acids is 8. The summed E-state index contributed by atoms with van der Waals surface area (Å²) in [6.07, 6.45) is -8.07. The van der Waals surface area contributed by atoms with Crippen LogP contribution in [0.5, 0.6) is 0 Å². The minimum atomic E-state index is -2.04. The molecule has 0 radical (unpaired) electrons. The molecule has 2 heterocycles. The molecule has 0 amide bonds. The summed E-state index contributed by atoms with van der Waals surface area (Å²) < 4.78 is 23.5. The average Bonchev–Trinajstić information content (AvgIpc) is 3.40. The molecule has 0 aromatic carbocycles. The third-order valence-corrected chi connectivity index (χ3v) is 6.16. The number of aromatic nitrogens is 6. The van der Waals surface area contributed by atoms with E-state index in [1.54, 1.807) is 0 Å². The summed E-state index contributed by atoms with van der Waals surface area (Å²) in [5.41, 5.74) is 0. The first-order valence-corrected chi connectivity index (χ1v) is 13.3. The molecule has 0 bridgehead atoms. The highest BCUT2D eigenvalue weighted by Crippen LogP contribution is 2.35. The maximum atomic E-state index is 12.7. The van der Waals surface area contributed by atoms with Crippen LogP contribution in [0, 0.1) is 9.54 Å². The molecular weight excluding hydrogens is 628 g/mol. The van der Waals surface area contributed by atoms with Crippen LogP contribution in [0.2, 0.25) is 0 Å². The van der Waals surface area contributed by atoms with Crippen LogP contribution in [0.15, 0.2) is 0 Å². The van der Waals surface area contributed by atoms with Gasteiger partial charge in [0.1, 0.15) is 0 Å². The Kier molecular flexibility index (Phi) is 11.4. The van der Waals surface area contributed by atoms with Crippen LogP contribution in [-0.2, 0) is 38.1 Å². The first-order valence-electron chi connectivity index (χ1n) is 12.5. The molecule has 0 unspecified atom stereocenters. The van der Waals surface area contributed by atoms with Crippen LogP contribution < -0.4 is 0 Å². The number of ether oxygens (including phenoxy) is 4. The summed E-state index contributed by atoms with van der Waals surface area (Å²) in [6, 6.07) is 0. The van der Waals surface area contributed by atoms with E-state index in [0.717, 1.165) is 55.4 Å². The van der Waals surface area contributed by atoms with E-state index in [9.17, 15) is 38.4 Å². The first kappa shape index (κ1) is 35.5. The van der Waals surface area contributed by atoms with E-state index < -0.39 is 93.1 Å². The maximum Gasteiger partial charge on any atom is 0.303 e. The molecule has 18 nitrogen and oxygen atoms in total. The van der Waals surface area contributed by atoms with Crippen molar-refractivity contribution in [2.75, 3.05) is 0 Å². The van der Waals surface area contributed by atoms with Crippen molar-refractivity contribution in [2.24, 2.45) is 0 Å². The van der Waals surface area contributed by atoms with E-state index in [-0.39, 0.29) is 0 Å². The van der Waals surface area contributed by atoms with Crippen LogP contribution in [0.3, 0.4) is 0 Å². The number of nitrogens with zero attached hydrogens (tertiary/aromatic N) is 6. The molecular formula is C24H28N6O12S2. The van der Waals surface area contributed by atoms with Gasteiger partial charge in [0, 0.05) is 55.4 Å². The van der Waals surface area contributed by atoms with Gasteiger partial charge < -0.3 is 18.9 Å². The van der Waals surface area contributed by atoms with Crippen LogP contribution >= 0.6 is 24.4 Å². The molecule has 0 spiro atoms. The molecule has 0 N–H and O–H groups in total. The summed E-state index contributed by atoms with van der Waals surface area (Å²) >= 11 is 10.4. The monoisotopic (exact) mass is 656 g/mol. The van der Waals surface area contributed by atoms with Crippen LogP contribution in [0.25, 0.3) is 0 Å². The molecule has 2 rings (SSSR count). The van der Waals surface area contributed by atoms with E-state index in [1.807, 2.05) is 0 Å². The second-order valence-electron chi connectivity index (χ2n) is 9.06. The Hall–Kier alpha value is -4.72. The lowest BCUT2D eigenvalue weighted by Crippen LogP contribution is -2.46. The summed E-state index contributed by atoms with van der Waals surface area (Å²) in [7, 11) is 0. The van der Waals surface area contributed by atoms with Crippen molar-refractivity contribution >= 4 is 71.9 Å². The van der Waals surface area contributed by atoms with Crippen molar-refractivity contribution in [1.29, 1.82) is 0 Å². The van der Waals surface area contributed by atoms with E-state index in [1.165, 1.54) is 0 Å². The Bertz CT molecular complexity index is 1560. The number of hydrogen-bond donors (Lipinski definition) is 0. The highest BCUT2D eigenvalue weighted by Gasteiger charge is 2.49. The maximum absolute atomic E-state index is 12.7. The summed E-state index contributed by atoms with van der Waals surface area (Å²) in [4.78, 5) is 99.4. The largest absolute Gasteiger partial charge is 0.454 e. The molecule has 0 aliphatic rings. The topological polar surface area (TPSA) is 219 Å². The van der Waals surface area contributed by atoms with Crippen molar-refractivity contribution in [3.63, 3.8) is 0 Å². The molecule has 0 aliphatic carbocycles. The average molecular weight is 657 g/mol. The zero-order chi connectivity index (χ0) is 33.8. The fourth-order valence-electron chi connectivity index (χ4n) is 4.01. The Morgan fingerprint density at radius 1 is 0.500 bits per heavy atom. The number of carbonyl (C=O) groups is 8. The Morgan fingerprint density at radius 3 is 0.977 bits per heavy atom. The number of hydrogen-bond acceptors (Lipinski definition) is 16. The molecule has 0 aliphatic heterocycles. The highest BCUT2D eigenvalue weighted by atomic mass is 32.1. The first-order chi connectivity index (χ1) is 20.3. The van der Waals surface area contributed by atoms with Crippen LogP contribution in [-0.4, -0.2) is 88.4 Å². The van der Waals surface area contributed by atoms with Gasteiger partial charge in [0.05, 0.1) is 0 Å². The summed E-state index contributed by atoms with van der Waals surface area (Å²) in [5.74, 6) is -8.48. The predicted molar refractivity (Wildman–Crippen MR) is 147 cm³/mol. The molecule has 0 saturated carbocycles. The van der Waals surface area contributed by atoms with Gasteiger partial charge in [-0.3, -0.25) is 38.4 Å². The van der Waals surface area contributed by atoms with Crippen LogP contribution in [0.1, 0.15) is 98.4 Å². The van der Waals surface area contributed by atoms with E-state index in [2.05, 4.69) is 10.2 Å². The molecule has 4 atom stereocenters. The molecule has 44 heavy (non-hydrogen) atoms. The SMILES string of the molecule is CC(=O)O[C@H]([C@H](OC(C)=O)[C@@H](OC(C)=O)c1nn(C(C)=O)c(=S)n1C(C)=O)[C@H](OC(C)=O)c1nn(C(C)=O)c(=S)n1C(C)=O. The fourth-order valence-corrected chi connectivity index (χ4v) is 4.80. The Balaban J connectivity index is 3.10. The van der Waals surface area contributed by atoms with Crippen LogP contribution in [0.4, 0.5) is 0 Å². The normalized spacial score (nSPS) is 13.5. The van der Waals surface area contributed by atoms with E-state index >= 15 is 0 Å². The molecule has 0 saturated heterocycles.